The van der Waals surface area contributed by atoms with Crippen molar-refractivity contribution in [1.29, 1.82) is 0 Å². The van der Waals surface area contributed by atoms with E-state index in [0.29, 0.717) is 5.91 Å². The van der Waals surface area contributed by atoms with Crippen molar-refractivity contribution >= 4 is 11.9 Å². The van der Waals surface area contributed by atoms with Gasteiger partial charge in [0, 0.05) is 45.2 Å². The summed E-state index contributed by atoms with van der Waals surface area (Å²) in [6.07, 6.45) is 8.23. The molecular weight excluding hydrogens is 374 g/mol. The molecule has 1 aliphatic carbocycles. The molecule has 2 heterocycles. The van der Waals surface area contributed by atoms with Gasteiger partial charge in [0.15, 0.2) is 5.96 Å². The smallest absolute Gasteiger partial charge is 0.225 e. The molecular formula is C24H37N5O. The van der Waals surface area contributed by atoms with Gasteiger partial charge in [0.2, 0.25) is 5.91 Å². The van der Waals surface area contributed by atoms with Crippen LogP contribution in [-0.4, -0.2) is 60.9 Å². The summed E-state index contributed by atoms with van der Waals surface area (Å²) in [4.78, 5) is 21.6. The van der Waals surface area contributed by atoms with Gasteiger partial charge in [-0.1, -0.05) is 37.1 Å². The molecule has 6 nitrogen and oxygen atoms in total. The fourth-order valence-electron chi connectivity index (χ4n) is 5.04. The second-order valence-corrected chi connectivity index (χ2v) is 9.12. The Labute approximate surface area is 181 Å². The third kappa shape index (κ3) is 5.54. The van der Waals surface area contributed by atoms with Crippen LogP contribution in [0.2, 0.25) is 0 Å². The van der Waals surface area contributed by atoms with E-state index in [2.05, 4.69) is 49.7 Å². The number of guanidine groups is 1. The molecule has 0 spiro atoms. The Kier molecular flexibility index (Phi) is 7.26. The van der Waals surface area contributed by atoms with Gasteiger partial charge in [0.05, 0.1) is 0 Å². The molecule has 3 aliphatic rings. The third-order valence-electron chi connectivity index (χ3n) is 6.86. The Morgan fingerprint density at radius 3 is 2.40 bits per heavy atom. The van der Waals surface area contributed by atoms with E-state index in [1.54, 1.807) is 0 Å². The first-order valence-corrected chi connectivity index (χ1v) is 11.8. The largest absolute Gasteiger partial charge is 0.352 e. The van der Waals surface area contributed by atoms with E-state index in [4.69, 9.17) is 0 Å². The van der Waals surface area contributed by atoms with Gasteiger partial charge >= 0.3 is 0 Å². The highest BCUT2D eigenvalue weighted by Gasteiger charge is 2.32. The van der Waals surface area contributed by atoms with Gasteiger partial charge in [0.1, 0.15) is 0 Å². The lowest BCUT2D eigenvalue weighted by atomic mass is 10.1. The van der Waals surface area contributed by atoms with Crippen molar-refractivity contribution in [3.63, 3.8) is 0 Å². The SMILES string of the molecule is CN=C(NCc1ccc(CN2CCCC2)cc1)NC1CCN(C(=O)C2CCCC2)C1. The molecule has 6 heteroatoms. The molecule has 3 fully saturated rings. The number of likely N-dealkylation sites (tertiary alicyclic amines) is 2. The summed E-state index contributed by atoms with van der Waals surface area (Å²) in [5.74, 6) is 1.46. The average Bonchev–Trinajstić information content (AvgIpc) is 3.55. The minimum atomic E-state index is 0.273. The predicted octanol–water partition coefficient (Wildman–Crippen LogP) is 2.74. The van der Waals surface area contributed by atoms with Crippen molar-refractivity contribution in [2.45, 2.75) is 64.1 Å². The summed E-state index contributed by atoms with van der Waals surface area (Å²) in [7, 11) is 1.81. The number of hydrogen-bond donors (Lipinski definition) is 2. The van der Waals surface area contributed by atoms with E-state index in [0.717, 1.165) is 51.4 Å². The van der Waals surface area contributed by atoms with Crippen LogP contribution in [0.5, 0.6) is 0 Å². The number of nitrogens with zero attached hydrogens (tertiary/aromatic N) is 3. The standard InChI is InChI=1S/C24H37N5O/c1-25-24(27-22-12-15-29(18-22)23(30)21-6-2-3-7-21)26-16-19-8-10-20(11-9-19)17-28-13-4-5-14-28/h8-11,21-22H,2-7,12-18H2,1H3,(H2,25,26,27). The van der Waals surface area contributed by atoms with E-state index in [1.165, 1.54) is 49.9 Å². The maximum Gasteiger partial charge on any atom is 0.225 e. The average molecular weight is 412 g/mol. The molecule has 1 aromatic carbocycles. The molecule has 0 radical (unpaired) electrons. The Balaban J connectivity index is 1.21. The van der Waals surface area contributed by atoms with Crippen LogP contribution < -0.4 is 10.6 Å². The molecule has 2 aliphatic heterocycles. The fraction of sp³-hybridized carbons (Fsp3) is 0.667. The number of amides is 1. The summed E-state index contributed by atoms with van der Waals surface area (Å²) in [6.45, 7) is 5.94. The molecule has 2 N–H and O–H groups in total. The van der Waals surface area contributed by atoms with Crippen molar-refractivity contribution in [3.05, 3.63) is 35.4 Å². The van der Waals surface area contributed by atoms with Crippen molar-refractivity contribution in [3.8, 4) is 0 Å². The van der Waals surface area contributed by atoms with Crippen LogP contribution in [0.4, 0.5) is 0 Å². The van der Waals surface area contributed by atoms with Gasteiger partial charge in [-0.15, -0.1) is 0 Å². The lowest BCUT2D eigenvalue weighted by molar-refractivity contribution is -0.134. The van der Waals surface area contributed by atoms with E-state index in [-0.39, 0.29) is 12.0 Å². The van der Waals surface area contributed by atoms with Crippen LogP contribution in [0.25, 0.3) is 0 Å². The van der Waals surface area contributed by atoms with E-state index >= 15 is 0 Å². The van der Waals surface area contributed by atoms with Gasteiger partial charge < -0.3 is 15.5 Å². The molecule has 4 rings (SSSR count). The number of carbonyl (C=O) groups is 1. The Morgan fingerprint density at radius 1 is 1.00 bits per heavy atom. The summed E-state index contributed by atoms with van der Waals surface area (Å²) in [6, 6.07) is 9.20. The summed E-state index contributed by atoms with van der Waals surface area (Å²) in [5.41, 5.74) is 2.65. The highest BCUT2D eigenvalue weighted by atomic mass is 16.2. The van der Waals surface area contributed by atoms with Crippen LogP contribution in [0, 0.1) is 5.92 Å². The minimum absolute atomic E-state index is 0.273. The second kappa shape index (κ2) is 10.3. The first-order chi connectivity index (χ1) is 14.7. The molecule has 1 amide bonds. The Bertz CT molecular complexity index is 720. The summed E-state index contributed by atoms with van der Waals surface area (Å²) in [5, 5.41) is 6.94. The molecule has 30 heavy (non-hydrogen) atoms. The lowest BCUT2D eigenvalue weighted by Crippen LogP contribution is -2.45. The first kappa shape index (κ1) is 21.2. The molecule has 2 saturated heterocycles. The van der Waals surface area contributed by atoms with Crippen LogP contribution in [-0.2, 0) is 17.9 Å². The fourth-order valence-corrected chi connectivity index (χ4v) is 5.04. The van der Waals surface area contributed by atoms with Crippen molar-refractivity contribution in [2.75, 3.05) is 33.2 Å². The highest BCUT2D eigenvalue weighted by molar-refractivity contribution is 5.81. The number of benzene rings is 1. The minimum Gasteiger partial charge on any atom is -0.352 e. The molecule has 1 saturated carbocycles. The summed E-state index contributed by atoms with van der Waals surface area (Å²) < 4.78 is 0. The molecule has 1 unspecified atom stereocenters. The maximum atomic E-state index is 12.6. The quantitative estimate of drug-likeness (QED) is 0.558. The second-order valence-electron chi connectivity index (χ2n) is 9.12. The predicted molar refractivity (Wildman–Crippen MR) is 121 cm³/mol. The molecule has 1 atom stereocenters. The monoisotopic (exact) mass is 411 g/mol. The molecule has 1 aromatic rings. The number of nitrogens with one attached hydrogen (secondary N) is 2. The zero-order valence-electron chi connectivity index (χ0n) is 18.4. The van der Waals surface area contributed by atoms with Crippen LogP contribution in [0.1, 0.15) is 56.1 Å². The topological polar surface area (TPSA) is 60.0 Å². The van der Waals surface area contributed by atoms with Crippen LogP contribution in [0.3, 0.4) is 0 Å². The zero-order valence-corrected chi connectivity index (χ0v) is 18.4. The number of hydrogen-bond acceptors (Lipinski definition) is 3. The maximum absolute atomic E-state index is 12.6. The number of carbonyl (C=O) groups excluding carboxylic acids is 1. The van der Waals surface area contributed by atoms with Gasteiger partial charge in [-0.25, -0.2) is 0 Å². The van der Waals surface area contributed by atoms with Crippen molar-refractivity contribution in [1.82, 2.24) is 20.4 Å². The number of aliphatic imine (C=N–C) groups is 1. The molecule has 0 aromatic heterocycles. The lowest BCUT2D eigenvalue weighted by Gasteiger charge is -2.21. The van der Waals surface area contributed by atoms with Gasteiger partial charge in [0.25, 0.3) is 0 Å². The van der Waals surface area contributed by atoms with E-state index in [9.17, 15) is 4.79 Å². The van der Waals surface area contributed by atoms with Crippen molar-refractivity contribution in [2.24, 2.45) is 10.9 Å². The summed E-state index contributed by atoms with van der Waals surface area (Å²) >= 11 is 0. The van der Waals surface area contributed by atoms with Gasteiger partial charge in [-0.2, -0.15) is 0 Å². The van der Waals surface area contributed by atoms with E-state index in [1.807, 2.05) is 7.05 Å². The van der Waals surface area contributed by atoms with Gasteiger partial charge in [-0.3, -0.25) is 14.7 Å². The molecule has 164 valence electrons. The van der Waals surface area contributed by atoms with Crippen LogP contribution in [0.15, 0.2) is 29.3 Å². The first-order valence-electron chi connectivity index (χ1n) is 11.8. The van der Waals surface area contributed by atoms with Crippen LogP contribution >= 0.6 is 0 Å². The Morgan fingerprint density at radius 2 is 1.70 bits per heavy atom. The van der Waals surface area contributed by atoms with Gasteiger partial charge in [-0.05, 0) is 56.3 Å². The highest BCUT2D eigenvalue weighted by Crippen LogP contribution is 2.27. The van der Waals surface area contributed by atoms with E-state index < -0.39 is 0 Å². The van der Waals surface area contributed by atoms with Crippen molar-refractivity contribution < 1.29 is 4.79 Å². The molecule has 0 bridgehead atoms. The Hall–Kier alpha value is -2.08. The normalized spacial score (nSPS) is 23.3. The third-order valence-corrected chi connectivity index (χ3v) is 6.86. The zero-order chi connectivity index (χ0) is 20.8. The number of rotatable bonds is 6.